The summed E-state index contributed by atoms with van der Waals surface area (Å²) in [5.41, 5.74) is 6.69. The molecule has 0 radical (unpaired) electrons. The Morgan fingerprint density at radius 1 is 1.05 bits per heavy atom. The molecule has 1 unspecified atom stereocenters. The van der Waals surface area contributed by atoms with Crippen molar-refractivity contribution in [2.24, 2.45) is 0 Å². The predicted molar refractivity (Wildman–Crippen MR) is 79.0 cm³/mol. The highest BCUT2D eigenvalue weighted by molar-refractivity contribution is 5.55. The lowest BCUT2D eigenvalue weighted by Crippen LogP contribution is -2.24. The lowest BCUT2D eigenvalue weighted by atomic mass is 9.81. The Labute approximate surface area is 116 Å². The van der Waals surface area contributed by atoms with Crippen LogP contribution in [0.2, 0.25) is 0 Å². The van der Waals surface area contributed by atoms with Gasteiger partial charge >= 0.3 is 0 Å². The monoisotopic (exact) mass is 259 g/mol. The summed E-state index contributed by atoms with van der Waals surface area (Å²) < 4.78 is 0. The van der Waals surface area contributed by atoms with Gasteiger partial charge in [0.15, 0.2) is 0 Å². The maximum absolute atomic E-state index is 10.6. The fraction of sp³-hybridized carbons (Fsp3) is 0.647. The van der Waals surface area contributed by atoms with Gasteiger partial charge in [0.05, 0.1) is 0 Å². The molecular formula is C17H25NO. The zero-order valence-electron chi connectivity index (χ0n) is 12.2. The van der Waals surface area contributed by atoms with Crippen LogP contribution in [0.3, 0.4) is 0 Å². The first-order chi connectivity index (χ1) is 9.18. The molecule has 104 valence electrons. The molecule has 0 aromatic heterocycles. The first kappa shape index (κ1) is 13.0. The largest absolute Gasteiger partial charge is 0.507 e. The van der Waals surface area contributed by atoms with Gasteiger partial charge in [-0.05, 0) is 93.2 Å². The number of nitrogens with one attached hydrogen (secondary N) is 1. The van der Waals surface area contributed by atoms with E-state index < -0.39 is 0 Å². The zero-order chi connectivity index (χ0) is 13.4. The molecule has 0 spiro atoms. The Kier molecular flexibility index (Phi) is 3.53. The molecular weight excluding hydrogens is 234 g/mol. The van der Waals surface area contributed by atoms with Gasteiger partial charge in [0.2, 0.25) is 0 Å². The van der Waals surface area contributed by atoms with Crippen LogP contribution in [0.5, 0.6) is 5.75 Å². The Balaban J connectivity index is 2.00. The summed E-state index contributed by atoms with van der Waals surface area (Å²) in [7, 11) is 0. The summed E-state index contributed by atoms with van der Waals surface area (Å²) in [6, 6.07) is 0.561. The number of hydrogen-bond acceptors (Lipinski definition) is 2. The second kappa shape index (κ2) is 5.16. The summed E-state index contributed by atoms with van der Waals surface area (Å²) in [4.78, 5) is 0. The molecule has 1 aromatic rings. The third-order valence-corrected chi connectivity index (χ3v) is 5.08. The first-order valence-corrected chi connectivity index (χ1v) is 7.74. The van der Waals surface area contributed by atoms with Crippen LogP contribution in [-0.2, 0) is 19.3 Å². The number of aromatic hydroxyl groups is 1. The van der Waals surface area contributed by atoms with Crippen molar-refractivity contribution >= 4 is 0 Å². The smallest absolute Gasteiger partial charge is 0.122 e. The van der Waals surface area contributed by atoms with Gasteiger partial charge in [-0.3, -0.25) is 0 Å². The van der Waals surface area contributed by atoms with E-state index in [0.29, 0.717) is 11.8 Å². The molecule has 2 aliphatic rings. The van der Waals surface area contributed by atoms with Crippen molar-refractivity contribution in [1.29, 1.82) is 0 Å². The molecule has 1 saturated heterocycles. The number of benzene rings is 1. The van der Waals surface area contributed by atoms with Crippen LogP contribution in [-0.4, -0.2) is 17.7 Å². The summed E-state index contributed by atoms with van der Waals surface area (Å²) in [6.45, 7) is 5.45. The van der Waals surface area contributed by atoms with Crippen molar-refractivity contribution in [3.05, 3.63) is 27.8 Å². The van der Waals surface area contributed by atoms with E-state index in [4.69, 9.17) is 0 Å². The van der Waals surface area contributed by atoms with Gasteiger partial charge in [-0.1, -0.05) is 0 Å². The second-order valence-electron chi connectivity index (χ2n) is 6.24. The molecule has 3 rings (SSSR count). The quantitative estimate of drug-likeness (QED) is 0.855. The van der Waals surface area contributed by atoms with Crippen molar-refractivity contribution in [2.75, 3.05) is 6.54 Å². The van der Waals surface area contributed by atoms with E-state index in [1.165, 1.54) is 54.4 Å². The van der Waals surface area contributed by atoms with Crippen LogP contribution in [0.15, 0.2) is 0 Å². The van der Waals surface area contributed by atoms with E-state index in [1.807, 2.05) is 0 Å². The molecule has 19 heavy (non-hydrogen) atoms. The van der Waals surface area contributed by atoms with Crippen LogP contribution >= 0.6 is 0 Å². The van der Waals surface area contributed by atoms with Gasteiger partial charge in [0.25, 0.3) is 0 Å². The van der Waals surface area contributed by atoms with Gasteiger partial charge in [-0.25, -0.2) is 0 Å². The van der Waals surface area contributed by atoms with Crippen molar-refractivity contribution in [3.63, 3.8) is 0 Å². The second-order valence-corrected chi connectivity index (χ2v) is 6.24. The number of hydrogen-bond donors (Lipinski definition) is 2. The van der Waals surface area contributed by atoms with E-state index in [9.17, 15) is 5.11 Å². The molecule has 1 atom stereocenters. The summed E-state index contributed by atoms with van der Waals surface area (Å²) in [5, 5.41) is 14.1. The number of phenols is 1. The molecule has 0 amide bonds. The maximum Gasteiger partial charge on any atom is 0.122 e. The molecule has 0 saturated carbocycles. The molecule has 2 nitrogen and oxygen atoms in total. The molecule has 1 heterocycles. The predicted octanol–water partition coefficient (Wildman–Crippen LogP) is 3.18. The van der Waals surface area contributed by atoms with Gasteiger partial charge in [-0.2, -0.15) is 0 Å². The van der Waals surface area contributed by atoms with Crippen LogP contribution in [0, 0.1) is 13.8 Å². The van der Waals surface area contributed by atoms with Gasteiger partial charge in [-0.15, -0.1) is 0 Å². The fourth-order valence-corrected chi connectivity index (χ4v) is 3.89. The zero-order valence-corrected chi connectivity index (χ0v) is 12.2. The summed E-state index contributed by atoms with van der Waals surface area (Å²) >= 11 is 0. The van der Waals surface area contributed by atoms with Crippen LogP contribution < -0.4 is 5.32 Å². The molecule has 1 aromatic carbocycles. The van der Waals surface area contributed by atoms with E-state index in [0.717, 1.165) is 24.9 Å². The van der Waals surface area contributed by atoms with Gasteiger partial charge in [0, 0.05) is 6.04 Å². The molecule has 2 N–H and O–H groups in total. The highest BCUT2D eigenvalue weighted by Gasteiger charge is 2.24. The number of rotatable bonds is 2. The van der Waals surface area contributed by atoms with Crippen molar-refractivity contribution in [3.8, 4) is 5.75 Å². The Bertz CT molecular complexity index is 487. The van der Waals surface area contributed by atoms with E-state index >= 15 is 0 Å². The summed E-state index contributed by atoms with van der Waals surface area (Å²) in [5.74, 6) is 0.576. The van der Waals surface area contributed by atoms with Crippen molar-refractivity contribution < 1.29 is 5.11 Å². The highest BCUT2D eigenvalue weighted by atomic mass is 16.3. The topological polar surface area (TPSA) is 32.3 Å². The van der Waals surface area contributed by atoms with Crippen molar-refractivity contribution in [1.82, 2.24) is 5.32 Å². The lowest BCUT2D eigenvalue weighted by molar-refractivity contribution is 0.454. The van der Waals surface area contributed by atoms with E-state index in [2.05, 4.69) is 19.2 Å². The average molecular weight is 259 g/mol. The van der Waals surface area contributed by atoms with Crippen LogP contribution in [0.4, 0.5) is 0 Å². The third-order valence-electron chi connectivity index (χ3n) is 5.08. The standard InChI is InChI=1S/C17H25NO/c1-11-14-7-3-4-8-15(14)12(2)17(19)16(11)10-13-6-5-9-18-13/h13,18-19H,3-10H2,1-2H3. The minimum Gasteiger partial charge on any atom is -0.507 e. The van der Waals surface area contributed by atoms with Crippen LogP contribution in [0.1, 0.15) is 53.5 Å². The van der Waals surface area contributed by atoms with E-state index in [1.54, 1.807) is 0 Å². The summed E-state index contributed by atoms with van der Waals surface area (Å²) in [6.07, 6.45) is 8.44. The fourth-order valence-electron chi connectivity index (χ4n) is 3.89. The minimum atomic E-state index is 0.561. The molecule has 0 bridgehead atoms. The maximum atomic E-state index is 10.6. The van der Waals surface area contributed by atoms with Crippen molar-refractivity contribution in [2.45, 2.75) is 64.8 Å². The molecule has 2 heteroatoms. The third kappa shape index (κ3) is 2.27. The Morgan fingerprint density at radius 3 is 2.37 bits per heavy atom. The Hall–Kier alpha value is -1.02. The molecule has 1 fully saturated rings. The highest BCUT2D eigenvalue weighted by Crippen LogP contribution is 2.37. The van der Waals surface area contributed by atoms with Crippen LogP contribution in [0.25, 0.3) is 0 Å². The van der Waals surface area contributed by atoms with Gasteiger partial charge in [0.1, 0.15) is 5.75 Å². The minimum absolute atomic E-state index is 0.561. The molecule has 1 aliphatic heterocycles. The SMILES string of the molecule is Cc1c(O)c(CC2CCCN2)c(C)c2c1CCCC2. The lowest BCUT2D eigenvalue weighted by Gasteiger charge is -2.25. The normalized spacial score (nSPS) is 22.5. The first-order valence-electron chi connectivity index (χ1n) is 7.74. The average Bonchev–Trinajstić information content (AvgIpc) is 2.94. The van der Waals surface area contributed by atoms with Gasteiger partial charge < -0.3 is 10.4 Å². The molecule has 1 aliphatic carbocycles. The van der Waals surface area contributed by atoms with E-state index in [-0.39, 0.29) is 0 Å². The Morgan fingerprint density at radius 2 is 1.74 bits per heavy atom. The number of phenolic OH excluding ortho intramolecular Hbond substituents is 1. The number of fused-ring (bicyclic) bond motifs is 1.